The molecule has 1 aromatic heterocycles. The van der Waals surface area contributed by atoms with Crippen LogP contribution in [0.25, 0.3) is 0 Å². The van der Waals surface area contributed by atoms with Crippen LogP contribution < -0.4 is 16.0 Å². The van der Waals surface area contributed by atoms with Crippen molar-refractivity contribution in [2.24, 2.45) is 0 Å². The zero-order valence-corrected chi connectivity index (χ0v) is 23.9. The van der Waals surface area contributed by atoms with Gasteiger partial charge in [0.1, 0.15) is 11.5 Å². The highest BCUT2D eigenvalue weighted by atomic mass is 127. The fraction of sp³-hybridized carbons (Fsp3) is 0.333. The molecule has 0 spiro atoms. The van der Waals surface area contributed by atoms with Crippen molar-refractivity contribution >= 4 is 51.7 Å². The van der Waals surface area contributed by atoms with Crippen LogP contribution in [-0.4, -0.2) is 80.3 Å². The molecule has 0 saturated carbocycles. The van der Waals surface area contributed by atoms with E-state index in [1.807, 2.05) is 13.8 Å². The van der Waals surface area contributed by atoms with E-state index in [0.29, 0.717) is 23.5 Å². The molecule has 1 aliphatic heterocycles. The number of imidazole rings is 1. The number of piperazine rings is 1. The Kier molecular flexibility index (Phi) is 9.30. The number of alkyl halides is 1. The van der Waals surface area contributed by atoms with Crippen molar-refractivity contribution in [2.45, 2.75) is 19.4 Å². The third-order valence-corrected chi connectivity index (χ3v) is 7.26. The number of hydrogen-bond acceptors (Lipinski definition) is 6. The summed E-state index contributed by atoms with van der Waals surface area (Å²) in [5.41, 5.74) is 0.822. The minimum atomic E-state index is -0.544. The molecule has 0 radical (unpaired) electrons. The van der Waals surface area contributed by atoms with E-state index in [2.05, 4.69) is 58.3 Å². The SMILES string of the molecule is CC(C)(CN1CCN(CI)CC1)NC(=O)c1[nH]cnc1C(=O)Nc1ccc(NC(=O)c2ccc(F)cc2)cc1. The van der Waals surface area contributed by atoms with Gasteiger partial charge in [0.2, 0.25) is 0 Å². The van der Waals surface area contributed by atoms with E-state index in [4.69, 9.17) is 0 Å². The Morgan fingerprint density at radius 1 is 0.897 bits per heavy atom. The van der Waals surface area contributed by atoms with Crippen molar-refractivity contribution < 1.29 is 18.8 Å². The first kappa shape index (κ1) is 28.6. The molecule has 0 bridgehead atoms. The van der Waals surface area contributed by atoms with E-state index in [0.717, 1.165) is 30.7 Å². The van der Waals surface area contributed by atoms with Gasteiger partial charge in [-0.05, 0) is 62.4 Å². The second kappa shape index (κ2) is 12.7. The third kappa shape index (κ3) is 7.83. The molecule has 0 unspecified atom stereocenters. The van der Waals surface area contributed by atoms with Gasteiger partial charge in [-0.1, -0.05) is 22.6 Å². The van der Waals surface area contributed by atoms with Crippen LogP contribution in [0.2, 0.25) is 0 Å². The number of carbonyl (C=O) groups is 3. The number of nitrogens with zero attached hydrogens (tertiary/aromatic N) is 3. The number of H-pyrrole nitrogens is 1. The van der Waals surface area contributed by atoms with E-state index in [-0.39, 0.29) is 17.3 Å². The summed E-state index contributed by atoms with van der Waals surface area (Å²) in [6, 6.07) is 11.7. The highest BCUT2D eigenvalue weighted by Gasteiger charge is 2.29. The predicted octanol–water partition coefficient (Wildman–Crippen LogP) is 3.57. The summed E-state index contributed by atoms with van der Waals surface area (Å²) in [6.45, 7) is 8.49. The fourth-order valence-corrected chi connectivity index (χ4v) is 4.99. The highest BCUT2D eigenvalue weighted by molar-refractivity contribution is 14.1. The zero-order valence-electron chi connectivity index (χ0n) is 21.8. The molecule has 4 N–H and O–H groups in total. The molecule has 0 aliphatic carbocycles. The number of aromatic nitrogens is 2. The summed E-state index contributed by atoms with van der Waals surface area (Å²) in [5, 5.41) is 8.47. The predicted molar refractivity (Wildman–Crippen MR) is 156 cm³/mol. The first-order valence-corrected chi connectivity index (χ1v) is 14.0. The van der Waals surface area contributed by atoms with Gasteiger partial charge in [0.15, 0.2) is 5.69 Å². The van der Waals surface area contributed by atoms with Gasteiger partial charge < -0.3 is 20.9 Å². The Bertz CT molecular complexity index is 1300. The Morgan fingerprint density at radius 3 is 2.05 bits per heavy atom. The van der Waals surface area contributed by atoms with Crippen molar-refractivity contribution in [2.75, 3.05) is 47.9 Å². The van der Waals surface area contributed by atoms with E-state index in [1.54, 1.807) is 24.3 Å². The molecule has 1 fully saturated rings. The van der Waals surface area contributed by atoms with Gasteiger partial charge in [-0.3, -0.25) is 24.2 Å². The van der Waals surface area contributed by atoms with Crippen molar-refractivity contribution in [3.8, 4) is 0 Å². The maximum Gasteiger partial charge on any atom is 0.276 e. The Labute approximate surface area is 239 Å². The maximum atomic E-state index is 13.1. The summed E-state index contributed by atoms with van der Waals surface area (Å²) in [6.07, 6.45) is 1.31. The average Bonchev–Trinajstić information content (AvgIpc) is 3.41. The lowest BCUT2D eigenvalue weighted by atomic mass is 10.0. The van der Waals surface area contributed by atoms with E-state index < -0.39 is 23.2 Å². The Hall–Kier alpha value is -3.36. The van der Waals surface area contributed by atoms with Gasteiger partial charge in [-0.25, -0.2) is 9.37 Å². The molecule has 0 atom stereocenters. The molecular formula is C27H31FIN7O3. The summed E-state index contributed by atoms with van der Waals surface area (Å²) in [7, 11) is 0. The molecule has 4 rings (SSSR count). The Morgan fingerprint density at radius 2 is 1.46 bits per heavy atom. The van der Waals surface area contributed by atoms with Crippen LogP contribution in [-0.2, 0) is 0 Å². The molecule has 12 heteroatoms. The van der Waals surface area contributed by atoms with Gasteiger partial charge in [-0.15, -0.1) is 0 Å². The molecule has 3 amide bonds. The van der Waals surface area contributed by atoms with E-state index >= 15 is 0 Å². The largest absolute Gasteiger partial charge is 0.345 e. The van der Waals surface area contributed by atoms with Crippen molar-refractivity contribution in [3.05, 3.63) is 77.6 Å². The zero-order chi connectivity index (χ0) is 28.0. The van der Waals surface area contributed by atoms with E-state index in [1.165, 1.54) is 30.6 Å². The van der Waals surface area contributed by atoms with Crippen LogP contribution in [0.5, 0.6) is 0 Å². The van der Waals surface area contributed by atoms with Crippen LogP contribution in [0.1, 0.15) is 45.2 Å². The van der Waals surface area contributed by atoms with Crippen LogP contribution in [0.3, 0.4) is 0 Å². The number of amides is 3. The number of rotatable bonds is 9. The lowest BCUT2D eigenvalue weighted by Gasteiger charge is -2.38. The monoisotopic (exact) mass is 647 g/mol. The van der Waals surface area contributed by atoms with Crippen molar-refractivity contribution in [1.82, 2.24) is 25.1 Å². The lowest BCUT2D eigenvalue weighted by molar-refractivity contribution is 0.0837. The quantitative estimate of drug-likeness (QED) is 0.160. The number of benzene rings is 2. The minimum Gasteiger partial charge on any atom is -0.345 e. The summed E-state index contributed by atoms with van der Waals surface area (Å²) < 4.78 is 14.1. The number of halogens is 2. The third-order valence-electron chi connectivity index (χ3n) is 6.29. The van der Waals surface area contributed by atoms with Gasteiger partial charge >= 0.3 is 0 Å². The number of hydrogen-bond donors (Lipinski definition) is 4. The second-order valence-corrected chi connectivity index (χ2v) is 10.7. The topological polar surface area (TPSA) is 122 Å². The van der Waals surface area contributed by atoms with Crippen LogP contribution in [0.4, 0.5) is 15.8 Å². The van der Waals surface area contributed by atoms with Gasteiger partial charge in [0.05, 0.1) is 10.9 Å². The summed E-state index contributed by atoms with van der Waals surface area (Å²) >= 11 is 2.37. The molecule has 2 aromatic carbocycles. The molecule has 39 heavy (non-hydrogen) atoms. The van der Waals surface area contributed by atoms with Crippen LogP contribution in [0.15, 0.2) is 54.9 Å². The molecule has 1 saturated heterocycles. The standard InChI is InChI=1S/C27H31FIN7O3/c1-27(2,15-35-11-13-36(16-29)14-12-35)34-26(39)23-22(30-17-31-23)25(38)33-21-9-7-20(8-10-21)32-24(37)18-3-5-19(28)6-4-18/h3-10,17H,11-16H2,1-2H3,(H,30,31)(H,32,37)(H,33,38)(H,34,39). The van der Waals surface area contributed by atoms with Gasteiger partial charge in [0.25, 0.3) is 17.7 Å². The van der Waals surface area contributed by atoms with Crippen molar-refractivity contribution in [1.29, 1.82) is 0 Å². The molecule has 1 aliphatic rings. The molecule has 3 aromatic rings. The lowest BCUT2D eigenvalue weighted by Crippen LogP contribution is -2.55. The minimum absolute atomic E-state index is 0.0207. The maximum absolute atomic E-state index is 13.1. The van der Waals surface area contributed by atoms with Crippen LogP contribution in [0, 0.1) is 5.82 Å². The normalized spacial score (nSPS) is 14.6. The number of anilines is 2. The highest BCUT2D eigenvalue weighted by Crippen LogP contribution is 2.17. The average molecular weight is 647 g/mol. The second-order valence-electron chi connectivity index (χ2n) is 9.97. The number of aromatic amines is 1. The first-order chi connectivity index (χ1) is 18.6. The smallest absolute Gasteiger partial charge is 0.276 e. The summed E-state index contributed by atoms with van der Waals surface area (Å²) in [4.78, 5) is 49.9. The first-order valence-electron chi connectivity index (χ1n) is 12.5. The molecule has 2 heterocycles. The summed E-state index contributed by atoms with van der Waals surface area (Å²) in [5.74, 6) is -1.76. The Balaban J connectivity index is 1.33. The molecule has 10 nitrogen and oxygen atoms in total. The van der Waals surface area contributed by atoms with Crippen LogP contribution >= 0.6 is 22.6 Å². The van der Waals surface area contributed by atoms with Gasteiger partial charge in [0, 0.05) is 55.2 Å². The fourth-order valence-electron chi connectivity index (χ4n) is 4.31. The molecule has 206 valence electrons. The van der Waals surface area contributed by atoms with Gasteiger partial charge in [-0.2, -0.15) is 0 Å². The van der Waals surface area contributed by atoms with E-state index in [9.17, 15) is 18.8 Å². The number of carbonyl (C=O) groups excluding carboxylic acids is 3. The van der Waals surface area contributed by atoms with Crippen molar-refractivity contribution in [3.63, 3.8) is 0 Å². The number of nitrogens with one attached hydrogen (secondary N) is 4. The molecular weight excluding hydrogens is 616 g/mol.